The summed E-state index contributed by atoms with van der Waals surface area (Å²) in [6, 6.07) is 9.78. The highest BCUT2D eigenvalue weighted by Gasteiger charge is 2.18. The third kappa shape index (κ3) is 4.37. The number of aryl methyl sites for hydroxylation is 2. The van der Waals surface area contributed by atoms with Crippen molar-refractivity contribution in [2.24, 2.45) is 5.92 Å². The molecule has 6 rings (SSSR count). The molecule has 0 saturated carbocycles. The number of H-pyrrole nitrogens is 1. The van der Waals surface area contributed by atoms with Crippen molar-refractivity contribution in [1.82, 2.24) is 34.6 Å². The fourth-order valence-corrected chi connectivity index (χ4v) is 4.85. The highest BCUT2D eigenvalue weighted by atomic mass is 16.5. The van der Waals surface area contributed by atoms with Gasteiger partial charge in [0.05, 0.1) is 40.2 Å². The van der Waals surface area contributed by atoms with Crippen LogP contribution in [0.3, 0.4) is 0 Å². The van der Waals surface area contributed by atoms with Gasteiger partial charge in [-0.1, -0.05) is 0 Å². The Hall–Kier alpha value is -3.78. The van der Waals surface area contributed by atoms with Gasteiger partial charge >= 0.3 is 0 Å². The lowest BCUT2D eigenvalue weighted by atomic mass is 9.97. The largest absolute Gasteiger partial charge is 0.457 e. The van der Waals surface area contributed by atoms with Crippen molar-refractivity contribution in [1.29, 1.82) is 0 Å². The maximum absolute atomic E-state index is 6.24. The molecule has 1 fully saturated rings. The summed E-state index contributed by atoms with van der Waals surface area (Å²) in [5.74, 6) is 3.07. The van der Waals surface area contributed by atoms with Crippen LogP contribution < -0.4 is 4.74 Å². The number of aromatic nitrogens is 6. The van der Waals surface area contributed by atoms with E-state index in [1.54, 1.807) is 0 Å². The van der Waals surface area contributed by atoms with Gasteiger partial charge in [-0.25, -0.2) is 9.97 Å². The van der Waals surface area contributed by atoms with Crippen molar-refractivity contribution in [3.05, 3.63) is 60.3 Å². The summed E-state index contributed by atoms with van der Waals surface area (Å²) >= 11 is 0. The van der Waals surface area contributed by atoms with E-state index in [1.165, 1.54) is 12.8 Å². The number of imidazole rings is 1. The van der Waals surface area contributed by atoms with Gasteiger partial charge in [0.2, 0.25) is 0 Å². The molecule has 0 spiro atoms. The first-order valence-electron chi connectivity index (χ1n) is 12.1. The monoisotopic (exact) mass is 467 g/mol. The fourth-order valence-electron chi connectivity index (χ4n) is 4.85. The second-order valence-electron chi connectivity index (χ2n) is 9.61. The maximum atomic E-state index is 6.24. The van der Waals surface area contributed by atoms with Crippen molar-refractivity contribution >= 4 is 22.1 Å². The van der Waals surface area contributed by atoms with Crippen LogP contribution in [0.2, 0.25) is 0 Å². The van der Waals surface area contributed by atoms with Crippen molar-refractivity contribution in [3.8, 4) is 22.8 Å². The Morgan fingerprint density at radius 3 is 2.71 bits per heavy atom. The molecule has 8 heteroatoms. The maximum Gasteiger partial charge on any atom is 0.132 e. The molecule has 5 aromatic rings. The van der Waals surface area contributed by atoms with Crippen LogP contribution in [0.1, 0.15) is 24.2 Å². The Morgan fingerprint density at radius 2 is 1.86 bits per heavy atom. The Morgan fingerprint density at radius 1 is 1.03 bits per heavy atom. The van der Waals surface area contributed by atoms with E-state index >= 15 is 0 Å². The van der Waals surface area contributed by atoms with E-state index in [1.807, 2.05) is 56.6 Å². The summed E-state index contributed by atoms with van der Waals surface area (Å²) in [5, 5.41) is 4.61. The Kier molecular flexibility index (Phi) is 5.45. The van der Waals surface area contributed by atoms with Gasteiger partial charge in [0, 0.05) is 29.9 Å². The van der Waals surface area contributed by atoms with Gasteiger partial charge in [-0.3, -0.25) is 9.67 Å². The first-order chi connectivity index (χ1) is 17.0. The van der Waals surface area contributed by atoms with Gasteiger partial charge in [-0.05, 0) is 77.0 Å². The molecule has 0 amide bonds. The molecule has 1 aliphatic heterocycles. The average Bonchev–Trinajstić information content (AvgIpc) is 3.47. The number of likely N-dealkylation sites (tertiary alicyclic amines) is 1. The number of hydrogen-bond donors (Lipinski definition) is 1. The lowest BCUT2D eigenvalue weighted by molar-refractivity contribution is 0.201. The molecule has 8 nitrogen and oxygen atoms in total. The number of fused-ring (bicyclic) bond motifs is 2. The minimum absolute atomic E-state index is 0.675. The fraction of sp³-hybridized carbons (Fsp3) is 0.333. The first-order valence-corrected chi connectivity index (χ1v) is 12.1. The summed E-state index contributed by atoms with van der Waals surface area (Å²) in [6.45, 7) is 7.25. The molecule has 4 heterocycles. The van der Waals surface area contributed by atoms with Gasteiger partial charge in [-0.15, -0.1) is 0 Å². The number of nitrogens with one attached hydrogen (secondary N) is 1. The smallest absolute Gasteiger partial charge is 0.132 e. The zero-order chi connectivity index (χ0) is 23.9. The van der Waals surface area contributed by atoms with E-state index in [0.29, 0.717) is 5.92 Å². The molecule has 2 aromatic carbocycles. The third-order valence-electron chi connectivity index (χ3n) is 6.93. The van der Waals surface area contributed by atoms with E-state index in [9.17, 15) is 0 Å². The Labute approximate surface area is 204 Å². The van der Waals surface area contributed by atoms with Gasteiger partial charge < -0.3 is 14.6 Å². The van der Waals surface area contributed by atoms with Gasteiger partial charge in [0.25, 0.3) is 0 Å². The predicted octanol–water partition coefficient (Wildman–Crippen LogP) is 5.12. The van der Waals surface area contributed by atoms with E-state index in [-0.39, 0.29) is 0 Å². The molecule has 178 valence electrons. The SMILES string of the molecule is Cc1nc2ccc(Oc3ccc4ncc(-c5cnn(CC6CCN(C)CC6)c5)nc4c3C)cc2[nH]1. The van der Waals surface area contributed by atoms with Crippen LogP contribution in [-0.2, 0) is 6.54 Å². The normalized spacial score (nSPS) is 15.3. The van der Waals surface area contributed by atoms with Crippen LogP contribution in [0, 0.1) is 19.8 Å². The number of rotatable bonds is 5. The minimum atomic E-state index is 0.675. The van der Waals surface area contributed by atoms with E-state index in [4.69, 9.17) is 9.72 Å². The third-order valence-corrected chi connectivity index (χ3v) is 6.93. The molecule has 0 bridgehead atoms. The zero-order valence-electron chi connectivity index (χ0n) is 20.3. The summed E-state index contributed by atoms with van der Waals surface area (Å²) in [5.41, 5.74) is 6.32. The number of hydrogen-bond acceptors (Lipinski definition) is 6. The molecule has 0 unspecified atom stereocenters. The summed E-state index contributed by atoms with van der Waals surface area (Å²) in [6.07, 6.45) is 8.24. The second-order valence-corrected chi connectivity index (χ2v) is 9.61. The Balaban J connectivity index is 1.25. The molecule has 0 atom stereocenters. The summed E-state index contributed by atoms with van der Waals surface area (Å²) in [4.78, 5) is 19.7. The molecule has 35 heavy (non-hydrogen) atoms. The van der Waals surface area contributed by atoms with Crippen LogP contribution in [0.5, 0.6) is 11.5 Å². The molecule has 3 aromatic heterocycles. The highest BCUT2D eigenvalue weighted by Crippen LogP contribution is 2.31. The van der Waals surface area contributed by atoms with Crippen molar-refractivity contribution in [3.63, 3.8) is 0 Å². The number of aromatic amines is 1. The van der Waals surface area contributed by atoms with E-state index in [2.05, 4.69) is 42.9 Å². The van der Waals surface area contributed by atoms with E-state index < -0.39 is 0 Å². The van der Waals surface area contributed by atoms with Crippen LogP contribution in [0.15, 0.2) is 48.9 Å². The number of nitrogens with zero attached hydrogens (tertiary/aromatic N) is 6. The predicted molar refractivity (Wildman–Crippen MR) is 137 cm³/mol. The summed E-state index contributed by atoms with van der Waals surface area (Å²) in [7, 11) is 2.19. The molecule has 1 aliphatic rings. The average molecular weight is 468 g/mol. The molecular weight excluding hydrogens is 438 g/mol. The van der Waals surface area contributed by atoms with Crippen molar-refractivity contribution < 1.29 is 4.74 Å². The van der Waals surface area contributed by atoms with Crippen molar-refractivity contribution in [2.45, 2.75) is 33.2 Å². The number of ether oxygens (including phenoxy) is 1. The Bertz CT molecular complexity index is 1510. The van der Waals surface area contributed by atoms with E-state index in [0.717, 1.165) is 75.8 Å². The van der Waals surface area contributed by atoms with Gasteiger partial charge in [-0.2, -0.15) is 5.10 Å². The standard InChI is InChI=1S/C27H29N7O/c1-17-26(35-21-4-5-22-24(12-21)31-18(2)30-22)7-6-23-27(17)32-25(14-28-23)20-13-29-34(16-20)15-19-8-10-33(3)11-9-19/h4-7,12-14,16,19H,8-11,15H2,1-3H3,(H,30,31). The molecule has 0 radical (unpaired) electrons. The van der Waals surface area contributed by atoms with Gasteiger partial charge in [0.15, 0.2) is 0 Å². The second kappa shape index (κ2) is 8.78. The topological polar surface area (TPSA) is 84.8 Å². The minimum Gasteiger partial charge on any atom is -0.457 e. The lowest BCUT2D eigenvalue weighted by Gasteiger charge is -2.28. The highest BCUT2D eigenvalue weighted by molar-refractivity contribution is 5.82. The molecule has 1 saturated heterocycles. The molecular formula is C27H29N7O. The molecule has 1 N–H and O–H groups in total. The van der Waals surface area contributed by atoms with Crippen LogP contribution in [0.25, 0.3) is 33.3 Å². The first kappa shape index (κ1) is 21.7. The number of benzene rings is 2. The summed E-state index contributed by atoms with van der Waals surface area (Å²) < 4.78 is 8.29. The lowest BCUT2D eigenvalue weighted by Crippen LogP contribution is -2.31. The van der Waals surface area contributed by atoms with Crippen LogP contribution >= 0.6 is 0 Å². The van der Waals surface area contributed by atoms with Crippen LogP contribution in [-0.4, -0.2) is 54.8 Å². The zero-order valence-corrected chi connectivity index (χ0v) is 20.3. The molecule has 0 aliphatic carbocycles. The van der Waals surface area contributed by atoms with Crippen molar-refractivity contribution in [2.75, 3.05) is 20.1 Å². The number of piperidine rings is 1. The van der Waals surface area contributed by atoms with Gasteiger partial charge in [0.1, 0.15) is 17.3 Å². The quantitative estimate of drug-likeness (QED) is 0.386. The van der Waals surface area contributed by atoms with Crippen LogP contribution in [0.4, 0.5) is 0 Å².